The van der Waals surface area contributed by atoms with Crippen LogP contribution in [0.4, 0.5) is 0 Å². The van der Waals surface area contributed by atoms with Gasteiger partial charge in [0.25, 0.3) is 0 Å². The molecule has 0 N–H and O–H groups in total. The molecular weight excluding hydrogens is 439 g/mol. The summed E-state index contributed by atoms with van der Waals surface area (Å²) >= 11 is 0. The normalized spacial score (nSPS) is 59.5. The van der Waals surface area contributed by atoms with Gasteiger partial charge in [-0.1, -0.05) is 0 Å². The van der Waals surface area contributed by atoms with Crippen LogP contribution in [0.5, 0.6) is 0 Å². The van der Waals surface area contributed by atoms with Crippen molar-refractivity contribution in [2.45, 2.75) is 151 Å². The van der Waals surface area contributed by atoms with E-state index in [2.05, 4.69) is 6.92 Å². The minimum absolute atomic E-state index is 0.897. The molecule has 35 heavy (non-hydrogen) atoms. The van der Waals surface area contributed by atoms with Gasteiger partial charge in [0.05, 0.1) is 0 Å². The number of hydrogen-bond donors (Lipinski definition) is 0. The van der Waals surface area contributed by atoms with Gasteiger partial charge in [-0.15, -0.1) is 0 Å². The van der Waals surface area contributed by atoms with Crippen LogP contribution in [0.15, 0.2) is 0 Å². The molecule has 0 aliphatic heterocycles. The molecule has 0 aromatic heterocycles. The Morgan fingerprint density at radius 3 is 0.857 bits per heavy atom. The van der Waals surface area contributed by atoms with Crippen molar-refractivity contribution in [1.82, 2.24) is 0 Å². The zero-order valence-electron chi connectivity index (χ0n) is 23.0. The first-order valence-electron chi connectivity index (χ1n) is 17.0. The van der Waals surface area contributed by atoms with Crippen molar-refractivity contribution in [1.29, 1.82) is 0 Å². The summed E-state index contributed by atoms with van der Waals surface area (Å²) in [6.07, 6.45) is 35.8. The van der Waals surface area contributed by atoms with Gasteiger partial charge in [-0.3, -0.25) is 0 Å². The molecule has 196 valence electrons. The van der Waals surface area contributed by atoms with Crippen molar-refractivity contribution >= 4 is 7.26 Å². The molecule has 12 rings (SSSR count). The molecule has 0 radical (unpaired) electrons. The standard InChI is InChI=1S/C34H55P/c1-2-3-4-35(32-14-23-5-24(15-32)7-25(6-23)16-32,33-17-26-8-27(18-33)10-28(9-26)19-33)34-20-29-11-30(21-34)13-31(12-29)22-34/h23-31,35H,2-22H2,1H3. The summed E-state index contributed by atoms with van der Waals surface area (Å²) < 4.78 is 0. The van der Waals surface area contributed by atoms with Gasteiger partial charge in [-0.25, -0.2) is 0 Å². The molecule has 0 unspecified atom stereocenters. The SMILES string of the molecule is CCCC[PH](C12CC3CC(CC(C3)C1)C2)(C12CC3CC(CC(C3)C1)C2)C12CC3CC(CC(C3)C1)C2. The van der Waals surface area contributed by atoms with Crippen LogP contribution in [0, 0.1) is 53.3 Å². The van der Waals surface area contributed by atoms with Crippen LogP contribution in [0.2, 0.25) is 0 Å². The Hall–Kier alpha value is 0.430. The van der Waals surface area contributed by atoms with Crippen LogP contribution < -0.4 is 0 Å². The fourth-order valence-corrected chi connectivity index (χ4v) is 28.4. The van der Waals surface area contributed by atoms with Gasteiger partial charge < -0.3 is 0 Å². The average Bonchev–Trinajstić information content (AvgIpc) is 2.76. The van der Waals surface area contributed by atoms with Crippen molar-refractivity contribution in [3.8, 4) is 0 Å². The predicted molar refractivity (Wildman–Crippen MR) is 151 cm³/mol. The summed E-state index contributed by atoms with van der Waals surface area (Å²) in [5, 5.41) is 2.69. The van der Waals surface area contributed by atoms with Crippen LogP contribution in [0.25, 0.3) is 0 Å². The molecular formula is C34H55P. The van der Waals surface area contributed by atoms with Crippen molar-refractivity contribution in [2.75, 3.05) is 6.16 Å². The van der Waals surface area contributed by atoms with Crippen LogP contribution in [-0.2, 0) is 0 Å². The van der Waals surface area contributed by atoms with Crippen LogP contribution in [0.3, 0.4) is 0 Å². The molecule has 0 atom stereocenters. The molecule has 0 heterocycles. The number of hydrogen-bond acceptors (Lipinski definition) is 0. The van der Waals surface area contributed by atoms with E-state index >= 15 is 0 Å². The summed E-state index contributed by atoms with van der Waals surface area (Å²) in [7, 11) is -1.57. The molecule has 0 saturated heterocycles. The second-order valence-corrected chi connectivity index (χ2v) is 23.1. The van der Waals surface area contributed by atoms with Crippen LogP contribution in [-0.4, -0.2) is 21.6 Å². The summed E-state index contributed by atoms with van der Waals surface area (Å²) in [4.78, 5) is 0. The van der Waals surface area contributed by atoms with Crippen molar-refractivity contribution in [2.24, 2.45) is 53.3 Å². The van der Waals surface area contributed by atoms with Gasteiger partial charge in [-0.05, 0) is 0 Å². The molecule has 0 spiro atoms. The average molecular weight is 495 g/mol. The van der Waals surface area contributed by atoms with Crippen LogP contribution >= 0.6 is 7.26 Å². The topological polar surface area (TPSA) is 0 Å². The maximum absolute atomic E-state index is 2.57. The van der Waals surface area contributed by atoms with Crippen LogP contribution in [0.1, 0.15) is 135 Å². The molecule has 0 aromatic rings. The molecule has 12 bridgehead atoms. The fourth-order valence-electron chi connectivity index (χ4n) is 16.8. The molecule has 12 fully saturated rings. The molecule has 12 saturated carbocycles. The van der Waals surface area contributed by atoms with Gasteiger partial charge in [0, 0.05) is 0 Å². The molecule has 0 amide bonds. The van der Waals surface area contributed by atoms with E-state index in [-0.39, 0.29) is 0 Å². The third kappa shape index (κ3) is 2.81. The Balaban J connectivity index is 1.28. The Morgan fingerprint density at radius 2 is 0.657 bits per heavy atom. The zero-order valence-corrected chi connectivity index (χ0v) is 24.0. The van der Waals surface area contributed by atoms with Crippen molar-refractivity contribution in [3.05, 3.63) is 0 Å². The summed E-state index contributed by atoms with van der Waals surface area (Å²) in [5.41, 5.74) is 0. The number of rotatable bonds is 6. The predicted octanol–water partition coefficient (Wildman–Crippen LogP) is 9.44. The van der Waals surface area contributed by atoms with E-state index in [1.165, 1.54) is 6.42 Å². The Labute approximate surface area is 217 Å². The second-order valence-electron chi connectivity index (χ2n) is 17.6. The van der Waals surface area contributed by atoms with Gasteiger partial charge in [0.2, 0.25) is 0 Å². The first-order chi connectivity index (χ1) is 17.0. The van der Waals surface area contributed by atoms with Gasteiger partial charge in [0.15, 0.2) is 0 Å². The Bertz CT molecular complexity index is 668. The second kappa shape index (κ2) is 7.33. The minimum atomic E-state index is -1.57. The maximum atomic E-state index is 2.57. The summed E-state index contributed by atoms with van der Waals surface area (Å²) in [5.74, 6) is 10.5. The molecule has 12 aliphatic rings. The molecule has 1 heteroatoms. The Kier molecular flexibility index (Phi) is 4.67. The van der Waals surface area contributed by atoms with E-state index in [9.17, 15) is 0 Å². The molecule has 0 aromatic carbocycles. The zero-order chi connectivity index (χ0) is 23.0. The van der Waals surface area contributed by atoms with E-state index in [1.807, 2.05) is 6.16 Å². The fraction of sp³-hybridized carbons (Fsp3) is 1.00. The van der Waals surface area contributed by atoms with E-state index in [4.69, 9.17) is 0 Å². The van der Waals surface area contributed by atoms with E-state index < -0.39 is 7.26 Å². The van der Waals surface area contributed by atoms with Crippen molar-refractivity contribution < 1.29 is 0 Å². The Morgan fingerprint density at radius 1 is 0.429 bits per heavy atom. The third-order valence-corrected chi connectivity index (χ3v) is 24.1. The van der Waals surface area contributed by atoms with Gasteiger partial charge in [-0.2, -0.15) is 0 Å². The van der Waals surface area contributed by atoms with E-state index in [1.54, 1.807) is 122 Å². The number of unbranched alkanes of at least 4 members (excludes halogenated alkanes) is 1. The quantitative estimate of drug-likeness (QED) is 0.323. The molecule has 0 nitrogen and oxygen atoms in total. The van der Waals surface area contributed by atoms with Gasteiger partial charge in [0.1, 0.15) is 0 Å². The first-order valence-corrected chi connectivity index (χ1v) is 19.2. The summed E-state index contributed by atoms with van der Waals surface area (Å²) in [6.45, 7) is 2.57. The first kappa shape index (κ1) is 22.3. The third-order valence-electron chi connectivity index (χ3n) is 15.7. The van der Waals surface area contributed by atoms with Crippen molar-refractivity contribution in [3.63, 3.8) is 0 Å². The molecule has 12 aliphatic carbocycles. The van der Waals surface area contributed by atoms with E-state index in [0.29, 0.717) is 0 Å². The monoisotopic (exact) mass is 494 g/mol. The van der Waals surface area contributed by atoms with E-state index in [0.717, 1.165) is 68.7 Å². The van der Waals surface area contributed by atoms with Gasteiger partial charge >= 0.3 is 217 Å². The summed E-state index contributed by atoms with van der Waals surface area (Å²) in [6, 6.07) is 0.